The molecule has 0 spiro atoms. The van der Waals surface area contributed by atoms with Crippen molar-refractivity contribution < 1.29 is 14.3 Å². The van der Waals surface area contributed by atoms with Crippen LogP contribution in [0, 0.1) is 0 Å². The van der Waals surface area contributed by atoms with Crippen LogP contribution in [0.5, 0.6) is 0 Å². The normalized spacial score (nSPS) is 11.0. The van der Waals surface area contributed by atoms with E-state index in [1.807, 2.05) is 18.2 Å². The van der Waals surface area contributed by atoms with Crippen molar-refractivity contribution in [2.75, 3.05) is 0 Å². The molecule has 0 bridgehead atoms. The van der Waals surface area contributed by atoms with E-state index in [0.717, 1.165) is 12.8 Å². The zero-order valence-corrected chi connectivity index (χ0v) is 16.3. The maximum absolute atomic E-state index is 11.7. The van der Waals surface area contributed by atoms with E-state index < -0.39 is 12.1 Å². The quantitative estimate of drug-likeness (QED) is 0.250. The summed E-state index contributed by atoms with van der Waals surface area (Å²) in [6, 6.07) is 31.3. The summed E-state index contributed by atoms with van der Waals surface area (Å²) in [7, 11) is 0. The van der Waals surface area contributed by atoms with E-state index in [1.54, 1.807) is 0 Å². The molecular weight excluding hydrogens is 362 g/mol. The SMILES string of the molecule is NC(=O)OC(=O)CCCCC(c1ccccc1)(c1ccccc1)c1ccccc1. The Morgan fingerprint density at radius 2 is 1.10 bits per heavy atom. The second-order valence-electron chi connectivity index (χ2n) is 7.00. The third kappa shape index (κ3) is 4.91. The Morgan fingerprint density at radius 1 is 0.690 bits per heavy atom. The first-order valence-electron chi connectivity index (χ1n) is 9.79. The summed E-state index contributed by atoms with van der Waals surface area (Å²) in [6.45, 7) is 0. The number of carbonyl (C=O) groups is 2. The van der Waals surface area contributed by atoms with Gasteiger partial charge in [0.2, 0.25) is 0 Å². The van der Waals surface area contributed by atoms with Crippen LogP contribution in [0.4, 0.5) is 4.79 Å². The molecule has 1 amide bonds. The van der Waals surface area contributed by atoms with Gasteiger partial charge in [0, 0.05) is 11.8 Å². The fourth-order valence-corrected chi connectivity index (χ4v) is 3.92. The average molecular weight is 387 g/mol. The molecule has 4 nitrogen and oxygen atoms in total. The van der Waals surface area contributed by atoms with E-state index in [2.05, 4.69) is 77.5 Å². The maximum Gasteiger partial charge on any atom is 0.412 e. The molecule has 0 unspecified atom stereocenters. The second kappa shape index (κ2) is 9.69. The van der Waals surface area contributed by atoms with Crippen molar-refractivity contribution in [3.8, 4) is 0 Å². The number of nitrogens with two attached hydrogens (primary N) is 1. The number of hydrogen-bond acceptors (Lipinski definition) is 3. The Morgan fingerprint density at radius 3 is 1.48 bits per heavy atom. The van der Waals surface area contributed by atoms with Gasteiger partial charge < -0.3 is 10.5 Å². The Labute approximate surface area is 171 Å². The largest absolute Gasteiger partial charge is 0.412 e. The molecular formula is C25H25NO3. The summed E-state index contributed by atoms with van der Waals surface area (Å²) in [6.07, 6.45) is 1.32. The highest BCUT2D eigenvalue weighted by molar-refractivity contribution is 5.83. The number of benzene rings is 3. The molecule has 0 heterocycles. The molecule has 0 saturated carbocycles. The van der Waals surface area contributed by atoms with Crippen LogP contribution in [0.1, 0.15) is 42.4 Å². The Hall–Kier alpha value is -3.40. The van der Waals surface area contributed by atoms with Gasteiger partial charge in [0.15, 0.2) is 0 Å². The molecule has 3 aromatic carbocycles. The van der Waals surface area contributed by atoms with E-state index in [0.29, 0.717) is 6.42 Å². The Bertz CT molecular complexity index is 827. The monoisotopic (exact) mass is 387 g/mol. The zero-order valence-electron chi connectivity index (χ0n) is 16.3. The van der Waals surface area contributed by atoms with Gasteiger partial charge in [0.1, 0.15) is 0 Å². The van der Waals surface area contributed by atoms with E-state index in [4.69, 9.17) is 5.73 Å². The first kappa shape index (κ1) is 20.3. The van der Waals surface area contributed by atoms with Crippen molar-refractivity contribution in [1.82, 2.24) is 0 Å². The van der Waals surface area contributed by atoms with Gasteiger partial charge in [-0.05, 0) is 29.5 Å². The standard InChI is InChI=1S/C25H25NO3/c26-24(28)29-23(27)18-10-11-19-25(20-12-4-1-5-13-20,21-14-6-2-7-15-21)22-16-8-3-9-17-22/h1-9,12-17H,10-11,18-19H2,(H2,26,28). The number of primary amides is 1. The molecule has 0 aliphatic heterocycles. The van der Waals surface area contributed by atoms with Crippen molar-refractivity contribution in [3.63, 3.8) is 0 Å². The molecule has 3 aromatic rings. The Balaban J connectivity index is 1.95. The number of amides is 1. The van der Waals surface area contributed by atoms with Crippen LogP contribution < -0.4 is 5.73 Å². The summed E-state index contributed by atoms with van der Waals surface area (Å²) in [5.74, 6) is -0.581. The maximum atomic E-state index is 11.7. The smallest absolute Gasteiger partial charge is 0.376 e. The van der Waals surface area contributed by atoms with Gasteiger partial charge in [-0.2, -0.15) is 0 Å². The van der Waals surface area contributed by atoms with Crippen LogP contribution in [-0.2, 0) is 14.9 Å². The average Bonchev–Trinajstić information content (AvgIpc) is 2.75. The molecule has 0 saturated heterocycles. The van der Waals surface area contributed by atoms with Crippen molar-refractivity contribution >= 4 is 12.1 Å². The fourth-order valence-electron chi connectivity index (χ4n) is 3.92. The minimum absolute atomic E-state index is 0.164. The van der Waals surface area contributed by atoms with Crippen molar-refractivity contribution in [2.24, 2.45) is 5.73 Å². The van der Waals surface area contributed by atoms with Crippen LogP contribution in [0.3, 0.4) is 0 Å². The van der Waals surface area contributed by atoms with Gasteiger partial charge in [-0.3, -0.25) is 4.79 Å². The zero-order chi connectivity index (χ0) is 20.5. The van der Waals surface area contributed by atoms with Gasteiger partial charge in [-0.1, -0.05) is 97.4 Å². The van der Waals surface area contributed by atoms with Crippen molar-refractivity contribution in [1.29, 1.82) is 0 Å². The van der Waals surface area contributed by atoms with E-state index in [9.17, 15) is 9.59 Å². The summed E-state index contributed by atoms with van der Waals surface area (Å²) in [5.41, 5.74) is 8.19. The van der Waals surface area contributed by atoms with Crippen LogP contribution in [0.25, 0.3) is 0 Å². The molecule has 2 N–H and O–H groups in total. The van der Waals surface area contributed by atoms with Gasteiger partial charge in [-0.25, -0.2) is 4.79 Å². The molecule has 0 aliphatic carbocycles. The molecule has 0 atom stereocenters. The van der Waals surface area contributed by atoms with E-state index >= 15 is 0 Å². The second-order valence-corrected chi connectivity index (χ2v) is 7.00. The first-order chi connectivity index (χ1) is 14.1. The molecule has 148 valence electrons. The molecule has 0 aromatic heterocycles. The molecule has 0 radical (unpaired) electrons. The van der Waals surface area contributed by atoms with E-state index in [1.165, 1.54) is 16.7 Å². The minimum atomic E-state index is -1.05. The lowest BCUT2D eigenvalue weighted by molar-refractivity contribution is -0.137. The fraction of sp³-hybridized carbons (Fsp3) is 0.200. The highest BCUT2D eigenvalue weighted by Crippen LogP contribution is 2.43. The number of unbranched alkanes of at least 4 members (excludes halogenated alkanes) is 1. The van der Waals surface area contributed by atoms with Crippen LogP contribution in [-0.4, -0.2) is 12.1 Å². The lowest BCUT2D eigenvalue weighted by Gasteiger charge is -2.36. The van der Waals surface area contributed by atoms with Crippen LogP contribution >= 0.6 is 0 Å². The molecule has 3 rings (SSSR count). The van der Waals surface area contributed by atoms with Crippen LogP contribution in [0.15, 0.2) is 91.0 Å². The predicted octanol–water partition coefficient (Wildman–Crippen LogP) is 5.20. The topological polar surface area (TPSA) is 69.4 Å². The molecule has 4 heteroatoms. The highest BCUT2D eigenvalue weighted by atomic mass is 16.6. The predicted molar refractivity (Wildman–Crippen MR) is 113 cm³/mol. The summed E-state index contributed by atoms with van der Waals surface area (Å²) in [4.78, 5) is 22.4. The molecule has 0 fully saturated rings. The third-order valence-corrected chi connectivity index (χ3v) is 5.20. The summed E-state index contributed by atoms with van der Waals surface area (Å²) in [5, 5.41) is 0. The van der Waals surface area contributed by atoms with Crippen molar-refractivity contribution in [3.05, 3.63) is 108 Å². The summed E-state index contributed by atoms with van der Waals surface area (Å²) < 4.78 is 4.44. The molecule has 0 aliphatic rings. The van der Waals surface area contributed by atoms with Gasteiger partial charge in [0.25, 0.3) is 0 Å². The van der Waals surface area contributed by atoms with Gasteiger partial charge in [0.05, 0.1) is 0 Å². The number of ether oxygens (including phenoxy) is 1. The first-order valence-corrected chi connectivity index (χ1v) is 9.79. The number of esters is 1. The van der Waals surface area contributed by atoms with Crippen LogP contribution in [0.2, 0.25) is 0 Å². The lowest BCUT2D eigenvalue weighted by Crippen LogP contribution is -2.29. The molecule has 29 heavy (non-hydrogen) atoms. The number of rotatable bonds is 8. The number of carbonyl (C=O) groups excluding carboxylic acids is 2. The highest BCUT2D eigenvalue weighted by Gasteiger charge is 2.35. The van der Waals surface area contributed by atoms with Gasteiger partial charge in [-0.15, -0.1) is 0 Å². The van der Waals surface area contributed by atoms with Crippen molar-refractivity contribution in [2.45, 2.75) is 31.1 Å². The number of hydrogen-bond donors (Lipinski definition) is 1. The third-order valence-electron chi connectivity index (χ3n) is 5.20. The minimum Gasteiger partial charge on any atom is -0.376 e. The van der Waals surface area contributed by atoms with Gasteiger partial charge >= 0.3 is 12.1 Å². The van der Waals surface area contributed by atoms with E-state index in [-0.39, 0.29) is 11.8 Å². The summed E-state index contributed by atoms with van der Waals surface area (Å²) >= 11 is 0. The Kier molecular flexibility index (Phi) is 6.80. The lowest BCUT2D eigenvalue weighted by atomic mass is 9.66.